The summed E-state index contributed by atoms with van der Waals surface area (Å²) in [6, 6.07) is -0.608. The van der Waals surface area contributed by atoms with Gasteiger partial charge in [0.1, 0.15) is 6.29 Å². The Morgan fingerprint density at radius 1 is 1.44 bits per heavy atom. The van der Waals surface area contributed by atoms with E-state index in [-0.39, 0.29) is 13.1 Å². The number of nitrogens with two attached hydrogens (primary N) is 1. The molecule has 0 saturated heterocycles. The van der Waals surface area contributed by atoms with Crippen molar-refractivity contribution in [2.45, 2.75) is 12.5 Å². The quantitative estimate of drug-likeness (QED) is 0.389. The summed E-state index contributed by atoms with van der Waals surface area (Å²) in [6.45, 7) is -0.360. The van der Waals surface area contributed by atoms with Crippen LogP contribution in [0.1, 0.15) is 6.42 Å². The number of rotatable bonds is 7. The minimum Gasteiger partial charge on any atom is -0.346 e. The van der Waals surface area contributed by atoms with E-state index in [2.05, 4.69) is 16.4 Å². The highest BCUT2D eigenvalue weighted by atomic mass is 16.2. The number of hydrogen-bond acceptors (Lipinski definition) is 4. The second-order valence-corrected chi connectivity index (χ2v) is 3.71. The SMILES string of the molecule is NCC(=O)NCC(=O)NC(C=O)CC1=CC=C=C1. The highest BCUT2D eigenvalue weighted by Crippen LogP contribution is 2.09. The third-order valence-electron chi connectivity index (χ3n) is 2.26. The highest BCUT2D eigenvalue weighted by Gasteiger charge is 2.13. The zero-order chi connectivity index (χ0) is 13.4. The minimum atomic E-state index is -0.608. The summed E-state index contributed by atoms with van der Waals surface area (Å²) in [4.78, 5) is 33.1. The molecule has 1 aliphatic carbocycles. The van der Waals surface area contributed by atoms with Crippen molar-refractivity contribution in [1.82, 2.24) is 10.6 Å². The minimum absolute atomic E-state index is 0.173. The van der Waals surface area contributed by atoms with E-state index in [0.29, 0.717) is 12.7 Å². The molecule has 0 aliphatic heterocycles. The standard InChI is InChI=1S/C12H15N3O3/c13-6-11(17)14-7-12(18)15-10(8-16)5-9-3-1-2-4-9/h1,3-4,8,10H,5-7,13H2,(H,14,17)(H,15,18). The van der Waals surface area contributed by atoms with E-state index >= 15 is 0 Å². The van der Waals surface area contributed by atoms with Crippen LogP contribution < -0.4 is 16.4 Å². The maximum Gasteiger partial charge on any atom is 0.239 e. The van der Waals surface area contributed by atoms with Crippen molar-refractivity contribution in [2.75, 3.05) is 13.1 Å². The molecule has 0 spiro atoms. The van der Waals surface area contributed by atoms with Crippen molar-refractivity contribution in [2.24, 2.45) is 5.73 Å². The van der Waals surface area contributed by atoms with Crippen LogP contribution in [0.3, 0.4) is 0 Å². The van der Waals surface area contributed by atoms with Crippen LogP contribution in [-0.4, -0.2) is 37.2 Å². The monoisotopic (exact) mass is 249 g/mol. The summed E-state index contributed by atoms with van der Waals surface area (Å²) in [7, 11) is 0. The second kappa shape index (κ2) is 7.21. The predicted octanol–water partition coefficient (Wildman–Crippen LogP) is -1.21. The molecule has 6 heteroatoms. The predicted molar refractivity (Wildman–Crippen MR) is 65.4 cm³/mol. The molecule has 96 valence electrons. The summed E-state index contributed by atoms with van der Waals surface area (Å²) < 4.78 is 0. The first kappa shape index (κ1) is 13.9. The number of carbonyl (C=O) groups excluding carboxylic acids is 3. The van der Waals surface area contributed by atoms with Crippen molar-refractivity contribution >= 4 is 18.1 Å². The normalized spacial score (nSPS) is 13.9. The Kier molecular flexibility index (Phi) is 5.57. The van der Waals surface area contributed by atoms with E-state index in [1.807, 2.05) is 6.08 Å². The Hall–Kier alpha value is -2.17. The van der Waals surface area contributed by atoms with Crippen molar-refractivity contribution < 1.29 is 14.4 Å². The lowest BCUT2D eigenvalue weighted by Crippen LogP contribution is -2.44. The summed E-state index contributed by atoms with van der Waals surface area (Å²) in [5.41, 5.74) is 8.85. The highest BCUT2D eigenvalue weighted by molar-refractivity contribution is 5.86. The molecule has 0 fully saturated rings. The average molecular weight is 249 g/mol. The molecule has 0 radical (unpaired) electrons. The number of nitrogens with one attached hydrogen (secondary N) is 2. The molecule has 1 rings (SSSR count). The zero-order valence-electron chi connectivity index (χ0n) is 9.81. The summed E-state index contributed by atoms with van der Waals surface area (Å²) >= 11 is 0. The first-order valence-electron chi connectivity index (χ1n) is 5.48. The first-order valence-corrected chi connectivity index (χ1v) is 5.48. The zero-order valence-corrected chi connectivity index (χ0v) is 9.81. The molecule has 0 aromatic rings. The Morgan fingerprint density at radius 3 is 2.78 bits per heavy atom. The van der Waals surface area contributed by atoms with E-state index in [1.54, 1.807) is 12.2 Å². The van der Waals surface area contributed by atoms with Crippen LogP contribution in [-0.2, 0) is 14.4 Å². The van der Waals surface area contributed by atoms with Gasteiger partial charge in [0.05, 0.1) is 19.1 Å². The van der Waals surface area contributed by atoms with Crippen LogP contribution >= 0.6 is 0 Å². The lowest BCUT2D eigenvalue weighted by molar-refractivity contribution is -0.126. The van der Waals surface area contributed by atoms with Gasteiger partial charge in [-0.15, -0.1) is 5.73 Å². The lowest BCUT2D eigenvalue weighted by Gasteiger charge is -2.12. The third kappa shape index (κ3) is 4.78. The molecule has 6 nitrogen and oxygen atoms in total. The van der Waals surface area contributed by atoms with Crippen LogP contribution in [0.4, 0.5) is 0 Å². The number of amides is 2. The maximum absolute atomic E-state index is 11.4. The number of allylic oxidation sites excluding steroid dienone is 2. The molecule has 0 heterocycles. The van der Waals surface area contributed by atoms with Gasteiger partial charge in [-0.05, 0) is 17.7 Å². The number of aldehydes is 1. The van der Waals surface area contributed by atoms with Gasteiger partial charge in [-0.2, -0.15) is 0 Å². The molecule has 1 atom stereocenters. The summed E-state index contributed by atoms with van der Waals surface area (Å²) in [5.74, 6) is -0.845. The fourth-order valence-corrected chi connectivity index (χ4v) is 1.38. The van der Waals surface area contributed by atoms with Crippen LogP contribution in [0, 0.1) is 0 Å². The molecule has 0 bridgehead atoms. The van der Waals surface area contributed by atoms with E-state index in [0.717, 1.165) is 5.57 Å². The van der Waals surface area contributed by atoms with Crippen LogP contribution in [0.2, 0.25) is 0 Å². The van der Waals surface area contributed by atoms with Crippen molar-refractivity contribution in [3.8, 4) is 0 Å². The largest absolute Gasteiger partial charge is 0.346 e. The molecule has 0 aromatic carbocycles. The third-order valence-corrected chi connectivity index (χ3v) is 2.26. The molecule has 1 unspecified atom stereocenters. The van der Waals surface area contributed by atoms with Gasteiger partial charge >= 0.3 is 0 Å². The molecule has 0 saturated carbocycles. The first-order chi connectivity index (χ1) is 8.65. The van der Waals surface area contributed by atoms with Crippen molar-refractivity contribution in [3.05, 3.63) is 29.5 Å². The molecular formula is C12H15N3O3. The Bertz CT molecular complexity index is 434. The van der Waals surface area contributed by atoms with Crippen LogP contribution in [0.5, 0.6) is 0 Å². The van der Waals surface area contributed by atoms with Crippen molar-refractivity contribution in [1.29, 1.82) is 0 Å². The summed E-state index contributed by atoms with van der Waals surface area (Å²) in [5, 5.41) is 4.83. The molecule has 2 amide bonds. The van der Waals surface area contributed by atoms with Gasteiger partial charge in [0, 0.05) is 6.42 Å². The van der Waals surface area contributed by atoms with Crippen LogP contribution in [0.15, 0.2) is 29.5 Å². The fourth-order valence-electron chi connectivity index (χ4n) is 1.38. The fraction of sp³-hybridized carbons (Fsp3) is 0.333. The topological polar surface area (TPSA) is 101 Å². The van der Waals surface area contributed by atoms with E-state index in [9.17, 15) is 14.4 Å². The van der Waals surface area contributed by atoms with E-state index < -0.39 is 17.9 Å². The Morgan fingerprint density at radius 2 is 2.22 bits per heavy atom. The smallest absolute Gasteiger partial charge is 0.239 e. The van der Waals surface area contributed by atoms with E-state index in [1.165, 1.54) is 0 Å². The Balaban J connectivity index is 2.33. The van der Waals surface area contributed by atoms with Crippen LogP contribution in [0.25, 0.3) is 0 Å². The molecular weight excluding hydrogens is 234 g/mol. The van der Waals surface area contributed by atoms with Gasteiger partial charge in [0.15, 0.2) is 0 Å². The number of hydrogen-bond donors (Lipinski definition) is 3. The van der Waals surface area contributed by atoms with Crippen molar-refractivity contribution in [3.63, 3.8) is 0 Å². The number of carbonyl (C=O) groups is 3. The maximum atomic E-state index is 11.4. The molecule has 4 N–H and O–H groups in total. The summed E-state index contributed by atoms with van der Waals surface area (Å²) in [6.07, 6.45) is 6.37. The van der Waals surface area contributed by atoms with Gasteiger partial charge < -0.3 is 21.2 Å². The van der Waals surface area contributed by atoms with Gasteiger partial charge in [-0.1, -0.05) is 6.08 Å². The molecule has 0 aromatic heterocycles. The lowest BCUT2D eigenvalue weighted by atomic mass is 10.1. The van der Waals surface area contributed by atoms with E-state index in [4.69, 9.17) is 5.73 Å². The van der Waals surface area contributed by atoms with Gasteiger partial charge in [0.2, 0.25) is 11.8 Å². The molecule has 1 aliphatic rings. The van der Waals surface area contributed by atoms with Gasteiger partial charge in [-0.3, -0.25) is 9.59 Å². The second-order valence-electron chi connectivity index (χ2n) is 3.71. The average Bonchev–Trinajstić information content (AvgIpc) is 2.87. The molecule has 18 heavy (non-hydrogen) atoms. The Labute approximate surface area is 105 Å². The van der Waals surface area contributed by atoms with Gasteiger partial charge in [-0.25, -0.2) is 0 Å². The van der Waals surface area contributed by atoms with Gasteiger partial charge in [0.25, 0.3) is 0 Å².